The molecule has 0 unspecified atom stereocenters. The Hall–Kier alpha value is -0.910. The van der Waals surface area contributed by atoms with E-state index in [4.69, 9.17) is 4.74 Å². The van der Waals surface area contributed by atoms with Crippen LogP contribution < -0.4 is 0 Å². The average Bonchev–Trinajstić information content (AvgIpc) is 2.82. The second-order valence-corrected chi connectivity index (χ2v) is 7.67. The van der Waals surface area contributed by atoms with Gasteiger partial charge < -0.3 is 14.7 Å². The topological polar surface area (TPSA) is 49.8 Å². The maximum atomic E-state index is 12.8. The SMILES string of the molecule is Cc1ccc(CN(CCO)C(=O)[C@@H]2CCOC(C)(C)C2)s1. The van der Waals surface area contributed by atoms with Crippen LogP contribution in [0.3, 0.4) is 0 Å². The van der Waals surface area contributed by atoms with Crippen LogP contribution in [0.2, 0.25) is 0 Å². The fraction of sp³-hybridized carbons (Fsp3) is 0.688. The number of hydrogen-bond acceptors (Lipinski definition) is 4. The average molecular weight is 311 g/mol. The molecule has 1 aliphatic heterocycles. The van der Waals surface area contributed by atoms with Crippen LogP contribution in [0.1, 0.15) is 36.4 Å². The third kappa shape index (κ3) is 4.53. The zero-order valence-corrected chi connectivity index (χ0v) is 13.9. The van der Waals surface area contributed by atoms with Crippen LogP contribution in [0.4, 0.5) is 0 Å². The molecular formula is C16H25NO3S. The van der Waals surface area contributed by atoms with Crippen molar-refractivity contribution in [1.82, 2.24) is 4.90 Å². The van der Waals surface area contributed by atoms with E-state index in [1.165, 1.54) is 9.75 Å². The van der Waals surface area contributed by atoms with Crippen LogP contribution >= 0.6 is 11.3 Å². The van der Waals surface area contributed by atoms with Crippen molar-refractivity contribution in [2.75, 3.05) is 19.8 Å². The van der Waals surface area contributed by atoms with E-state index in [1.54, 1.807) is 16.2 Å². The van der Waals surface area contributed by atoms with E-state index in [-0.39, 0.29) is 24.0 Å². The predicted octanol–water partition coefficient (Wildman–Crippen LogP) is 2.58. The van der Waals surface area contributed by atoms with Gasteiger partial charge in [-0.25, -0.2) is 0 Å². The maximum absolute atomic E-state index is 12.8. The molecule has 0 aromatic carbocycles. The van der Waals surface area contributed by atoms with Gasteiger partial charge in [-0.15, -0.1) is 11.3 Å². The van der Waals surface area contributed by atoms with Gasteiger partial charge in [-0.05, 0) is 45.7 Å². The smallest absolute Gasteiger partial charge is 0.226 e. The molecule has 1 fully saturated rings. The molecule has 0 spiro atoms. The highest BCUT2D eigenvalue weighted by Crippen LogP contribution is 2.30. The normalized spacial score (nSPS) is 21.2. The van der Waals surface area contributed by atoms with E-state index in [9.17, 15) is 9.90 Å². The predicted molar refractivity (Wildman–Crippen MR) is 84.3 cm³/mol. The summed E-state index contributed by atoms with van der Waals surface area (Å²) in [5.74, 6) is 0.146. The van der Waals surface area contributed by atoms with E-state index < -0.39 is 0 Å². The molecular weight excluding hydrogens is 286 g/mol. The summed E-state index contributed by atoms with van der Waals surface area (Å²) in [6, 6.07) is 4.13. The largest absolute Gasteiger partial charge is 0.395 e. The van der Waals surface area contributed by atoms with Gasteiger partial charge in [0.1, 0.15) is 0 Å². The van der Waals surface area contributed by atoms with Crippen molar-refractivity contribution in [3.63, 3.8) is 0 Å². The van der Waals surface area contributed by atoms with Crippen LogP contribution in [-0.2, 0) is 16.1 Å². The summed E-state index contributed by atoms with van der Waals surface area (Å²) < 4.78 is 5.69. The number of aliphatic hydroxyl groups excluding tert-OH is 1. The van der Waals surface area contributed by atoms with Crippen LogP contribution in [-0.4, -0.2) is 41.3 Å². The highest BCUT2D eigenvalue weighted by atomic mass is 32.1. The summed E-state index contributed by atoms with van der Waals surface area (Å²) in [5, 5.41) is 9.25. The van der Waals surface area contributed by atoms with Crippen molar-refractivity contribution in [3.05, 3.63) is 21.9 Å². The molecule has 0 bridgehead atoms. The molecule has 118 valence electrons. The lowest BCUT2D eigenvalue weighted by atomic mass is 9.87. The lowest BCUT2D eigenvalue weighted by Crippen LogP contribution is -2.44. The number of nitrogens with zero attached hydrogens (tertiary/aromatic N) is 1. The second kappa shape index (κ2) is 6.90. The molecule has 1 saturated heterocycles. The van der Waals surface area contributed by atoms with Gasteiger partial charge in [-0.2, -0.15) is 0 Å². The number of amides is 1. The van der Waals surface area contributed by atoms with E-state index in [1.807, 2.05) is 13.8 Å². The first-order valence-corrected chi connectivity index (χ1v) is 8.32. The van der Waals surface area contributed by atoms with Crippen molar-refractivity contribution in [2.45, 2.75) is 45.8 Å². The highest BCUT2D eigenvalue weighted by Gasteiger charge is 2.34. The number of rotatable bonds is 5. The van der Waals surface area contributed by atoms with E-state index in [0.717, 1.165) is 12.8 Å². The number of aliphatic hydroxyl groups is 1. The molecule has 0 saturated carbocycles. The standard InChI is InChI=1S/C16H25NO3S/c1-12-4-5-14(21-12)11-17(7-8-18)15(19)13-6-9-20-16(2,3)10-13/h4-5,13,18H,6-11H2,1-3H3/t13-/m1/s1. The van der Waals surface area contributed by atoms with Gasteiger partial charge in [0.15, 0.2) is 0 Å². The summed E-state index contributed by atoms with van der Waals surface area (Å²) in [5.41, 5.74) is -0.233. The second-order valence-electron chi connectivity index (χ2n) is 6.29. The van der Waals surface area contributed by atoms with Gasteiger partial charge in [0, 0.05) is 28.8 Å². The Bertz CT molecular complexity index is 484. The zero-order valence-electron chi connectivity index (χ0n) is 13.1. The summed E-state index contributed by atoms with van der Waals surface area (Å²) in [4.78, 5) is 17.0. The Morgan fingerprint density at radius 3 is 2.86 bits per heavy atom. The molecule has 21 heavy (non-hydrogen) atoms. The van der Waals surface area contributed by atoms with Crippen LogP contribution in [0.25, 0.3) is 0 Å². The molecule has 4 nitrogen and oxygen atoms in total. The monoisotopic (exact) mass is 311 g/mol. The van der Waals surface area contributed by atoms with Gasteiger partial charge in [0.25, 0.3) is 0 Å². The molecule has 0 radical (unpaired) electrons. The van der Waals surface area contributed by atoms with E-state index in [0.29, 0.717) is 19.7 Å². The fourth-order valence-corrected chi connectivity index (χ4v) is 3.75. The first kappa shape index (κ1) is 16.5. The molecule has 2 heterocycles. The van der Waals surface area contributed by atoms with Crippen molar-refractivity contribution in [2.24, 2.45) is 5.92 Å². The number of carbonyl (C=O) groups is 1. The molecule has 1 amide bonds. The molecule has 1 N–H and O–H groups in total. The van der Waals surface area contributed by atoms with Crippen LogP contribution in [0.5, 0.6) is 0 Å². The lowest BCUT2D eigenvalue weighted by Gasteiger charge is -2.37. The fourth-order valence-electron chi connectivity index (χ4n) is 2.85. The minimum Gasteiger partial charge on any atom is -0.395 e. The lowest BCUT2D eigenvalue weighted by molar-refractivity contribution is -0.146. The van der Waals surface area contributed by atoms with Gasteiger partial charge in [0.2, 0.25) is 5.91 Å². The van der Waals surface area contributed by atoms with Crippen LogP contribution in [0.15, 0.2) is 12.1 Å². The molecule has 1 atom stereocenters. The Labute approximate surface area is 130 Å². The van der Waals surface area contributed by atoms with Gasteiger partial charge in [0.05, 0.1) is 18.8 Å². The molecule has 5 heteroatoms. The van der Waals surface area contributed by atoms with Crippen molar-refractivity contribution in [3.8, 4) is 0 Å². The minimum atomic E-state index is -0.233. The van der Waals surface area contributed by atoms with E-state index in [2.05, 4.69) is 19.1 Å². The van der Waals surface area contributed by atoms with Gasteiger partial charge in [-0.1, -0.05) is 0 Å². The Morgan fingerprint density at radius 1 is 1.52 bits per heavy atom. The quantitative estimate of drug-likeness (QED) is 0.909. The van der Waals surface area contributed by atoms with Gasteiger partial charge >= 0.3 is 0 Å². The zero-order chi connectivity index (χ0) is 15.5. The Kier molecular flexibility index (Phi) is 5.41. The molecule has 1 aromatic heterocycles. The van der Waals surface area contributed by atoms with Crippen LogP contribution in [0, 0.1) is 12.8 Å². The summed E-state index contributed by atoms with van der Waals surface area (Å²) in [7, 11) is 0. The number of thiophene rings is 1. The third-order valence-electron chi connectivity index (χ3n) is 3.87. The number of ether oxygens (including phenoxy) is 1. The molecule has 0 aliphatic carbocycles. The summed E-state index contributed by atoms with van der Waals surface area (Å²) in [6.07, 6.45) is 1.52. The third-order valence-corrected chi connectivity index (χ3v) is 4.86. The molecule has 1 aliphatic rings. The molecule has 2 rings (SSSR count). The number of hydrogen-bond donors (Lipinski definition) is 1. The number of aryl methyl sites for hydroxylation is 1. The first-order chi connectivity index (χ1) is 9.91. The highest BCUT2D eigenvalue weighted by molar-refractivity contribution is 7.11. The summed E-state index contributed by atoms with van der Waals surface area (Å²) in [6.45, 7) is 7.75. The van der Waals surface area contributed by atoms with Crippen molar-refractivity contribution >= 4 is 17.2 Å². The Balaban J connectivity index is 2.04. The first-order valence-electron chi connectivity index (χ1n) is 7.50. The van der Waals surface area contributed by atoms with Crippen molar-refractivity contribution < 1.29 is 14.6 Å². The van der Waals surface area contributed by atoms with Crippen molar-refractivity contribution in [1.29, 1.82) is 0 Å². The minimum absolute atomic E-state index is 0.00126. The van der Waals surface area contributed by atoms with E-state index >= 15 is 0 Å². The maximum Gasteiger partial charge on any atom is 0.226 e. The Morgan fingerprint density at radius 2 is 2.29 bits per heavy atom. The van der Waals surface area contributed by atoms with Gasteiger partial charge in [-0.3, -0.25) is 4.79 Å². The number of carbonyl (C=O) groups excluding carboxylic acids is 1. The summed E-state index contributed by atoms with van der Waals surface area (Å²) >= 11 is 1.71. The molecule has 1 aromatic rings.